The van der Waals surface area contributed by atoms with Crippen molar-refractivity contribution < 1.29 is 0 Å². The second kappa shape index (κ2) is 9.01. The number of nitrogens with zero attached hydrogens (tertiary/aromatic N) is 3. The van der Waals surface area contributed by atoms with E-state index in [1.807, 2.05) is 12.1 Å². The smallest absolute Gasteiger partial charge is 0.0991 e. The molecule has 0 saturated heterocycles. The summed E-state index contributed by atoms with van der Waals surface area (Å²) in [5.41, 5.74) is 3.88. The summed E-state index contributed by atoms with van der Waals surface area (Å²) in [5, 5.41) is 9.05. The molecule has 154 valence electrons. The lowest BCUT2D eigenvalue weighted by molar-refractivity contribution is 0.0232. The third-order valence-corrected chi connectivity index (χ3v) is 7.41. The Labute approximate surface area is 177 Å². The highest BCUT2D eigenvalue weighted by molar-refractivity contribution is 5.49. The molecular formula is C26H35N3. The molecule has 0 aromatic heterocycles. The largest absolute Gasteiger partial charge is 0.374 e. The van der Waals surface area contributed by atoms with E-state index in [0.29, 0.717) is 5.41 Å². The molecule has 3 rings (SSSR count). The van der Waals surface area contributed by atoms with Crippen LogP contribution in [0.15, 0.2) is 54.6 Å². The molecule has 0 N–H and O–H groups in total. The van der Waals surface area contributed by atoms with Crippen molar-refractivity contribution in [2.75, 3.05) is 32.1 Å². The molecule has 0 spiro atoms. The van der Waals surface area contributed by atoms with E-state index >= 15 is 0 Å². The maximum absolute atomic E-state index is 9.05. The van der Waals surface area contributed by atoms with Gasteiger partial charge in [0.05, 0.1) is 11.6 Å². The van der Waals surface area contributed by atoms with Gasteiger partial charge in [0.25, 0.3) is 0 Å². The summed E-state index contributed by atoms with van der Waals surface area (Å²) < 4.78 is 0. The Morgan fingerprint density at radius 3 is 2.03 bits per heavy atom. The SMILES string of the molecule is CCN(C)[C@]1(c2ccccc2)CC[C@@](CC)(CN(C)c2ccc(C#N)cc2)CC1. The van der Waals surface area contributed by atoms with Gasteiger partial charge in [-0.3, -0.25) is 4.90 Å². The molecule has 3 heteroatoms. The van der Waals surface area contributed by atoms with Crippen LogP contribution < -0.4 is 4.90 Å². The lowest BCUT2D eigenvalue weighted by atomic mass is 9.63. The minimum Gasteiger partial charge on any atom is -0.374 e. The first-order valence-corrected chi connectivity index (χ1v) is 11.0. The van der Waals surface area contributed by atoms with Crippen molar-refractivity contribution in [1.29, 1.82) is 5.26 Å². The Bertz CT molecular complexity index is 811. The van der Waals surface area contributed by atoms with Crippen LogP contribution in [0.2, 0.25) is 0 Å². The van der Waals surface area contributed by atoms with Crippen LogP contribution in [0.25, 0.3) is 0 Å². The van der Waals surface area contributed by atoms with Crippen molar-refractivity contribution in [3.8, 4) is 6.07 Å². The summed E-state index contributed by atoms with van der Waals surface area (Å²) in [7, 11) is 4.48. The lowest BCUT2D eigenvalue weighted by Gasteiger charge is -2.51. The molecule has 0 heterocycles. The zero-order chi connectivity index (χ0) is 20.9. The molecule has 0 atom stereocenters. The average Bonchev–Trinajstić information content (AvgIpc) is 2.79. The molecule has 29 heavy (non-hydrogen) atoms. The predicted octanol–water partition coefficient (Wildman–Crippen LogP) is 5.81. The van der Waals surface area contributed by atoms with Crippen molar-refractivity contribution in [3.63, 3.8) is 0 Å². The van der Waals surface area contributed by atoms with Gasteiger partial charge in [-0.15, -0.1) is 0 Å². The standard InChI is InChI=1S/C26H35N3/c1-5-25(21-28(3)24-14-12-22(20-27)13-15-24)16-18-26(19-17-25,29(4)6-2)23-10-8-7-9-11-23/h7-15H,5-6,16-19,21H2,1-4H3/t25-,26-. The Morgan fingerprint density at radius 2 is 1.52 bits per heavy atom. The highest BCUT2D eigenvalue weighted by Gasteiger charge is 2.45. The second-order valence-corrected chi connectivity index (χ2v) is 8.78. The van der Waals surface area contributed by atoms with E-state index in [0.717, 1.165) is 18.7 Å². The molecule has 0 unspecified atom stereocenters. The van der Waals surface area contributed by atoms with Crippen molar-refractivity contribution in [2.45, 2.75) is 51.5 Å². The average molecular weight is 390 g/mol. The zero-order valence-corrected chi connectivity index (χ0v) is 18.5. The number of rotatable bonds is 7. The van der Waals surface area contributed by atoms with Gasteiger partial charge in [-0.1, -0.05) is 44.2 Å². The van der Waals surface area contributed by atoms with Crippen molar-refractivity contribution in [3.05, 3.63) is 65.7 Å². The third-order valence-electron chi connectivity index (χ3n) is 7.41. The third kappa shape index (κ3) is 4.33. The van der Waals surface area contributed by atoms with Gasteiger partial charge in [0.2, 0.25) is 0 Å². The maximum atomic E-state index is 9.05. The quantitative estimate of drug-likeness (QED) is 0.598. The van der Waals surface area contributed by atoms with Crippen molar-refractivity contribution in [1.82, 2.24) is 4.90 Å². The van der Waals surface area contributed by atoms with Crippen LogP contribution in [0.1, 0.15) is 57.1 Å². The Hall–Kier alpha value is -2.31. The summed E-state index contributed by atoms with van der Waals surface area (Å²) in [4.78, 5) is 4.94. The van der Waals surface area contributed by atoms with Crippen LogP contribution in [0.3, 0.4) is 0 Å². The summed E-state index contributed by atoms with van der Waals surface area (Å²) >= 11 is 0. The molecule has 3 nitrogen and oxygen atoms in total. The van der Waals surface area contributed by atoms with Crippen LogP contribution in [0.5, 0.6) is 0 Å². The first-order chi connectivity index (χ1) is 14.0. The summed E-state index contributed by atoms with van der Waals surface area (Å²) in [5.74, 6) is 0. The molecule has 2 aromatic rings. The zero-order valence-electron chi connectivity index (χ0n) is 18.5. The fourth-order valence-electron chi connectivity index (χ4n) is 5.14. The first kappa shape index (κ1) is 21.4. The molecule has 0 aliphatic heterocycles. The van der Waals surface area contributed by atoms with Crippen LogP contribution in [0, 0.1) is 16.7 Å². The van der Waals surface area contributed by atoms with E-state index in [-0.39, 0.29) is 5.54 Å². The number of hydrogen-bond donors (Lipinski definition) is 0. The van der Waals surface area contributed by atoms with Crippen LogP contribution in [-0.2, 0) is 5.54 Å². The van der Waals surface area contributed by atoms with Crippen LogP contribution >= 0.6 is 0 Å². The monoisotopic (exact) mass is 389 g/mol. The Kier molecular flexibility index (Phi) is 6.65. The molecule has 1 fully saturated rings. The van der Waals surface area contributed by atoms with E-state index in [1.54, 1.807) is 0 Å². The van der Waals surface area contributed by atoms with Crippen molar-refractivity contribution in [2.24, 2.45) is 5.41 Å². The van der Waals surface area contributed by atoms with E-state index in [1.165, 1.54) is 43.4 Å². The Balaban J connectivity index is 1.78. The minimum atomic E-state index is 0.154. The summed E-state index contributed by atoms with van der Waals surface area (Å²) in [6.45, 7) is 6.76. The highest BCUT2D eigenvalue weighted by atomic mass is 15.2. The molecule has 1 aliphatic carbocycles. The highest BCUT2D eigenvalue weighted by Crippen LogP contribution is 2.50. The van der Waals surface area contributed by atoms with Crippen LogP contribution in [-0.4, -0.2) is 32.1 Å². The normalized spacial score (nSPS) is 24.3. The fraction of sp³-hybridized carbons (Fsp3) is 0.500. The number of hydrogen-bond acceptors (Lipinski definition) is 3. The molecule has 1 aliphatic rings. The summed E-state index contributed by atoms with van der Waals surface area (Å²) in [6, 6.07) is 21.3. The van der Waals surface area contributed by atoms with E-state index < -0.39 is 0 Å². The molecule has 0 amide bonds. The molecule has 2 aromatic carbocycles. The first-order valence-electron chi connectivity index (χ1n) is 11.0. The van der Waals surface area contributed by atoms with Gasteiger partial charge in [0.1, 0.15) is 0 Å². The minimum absolute atomic E-state index is 0.154. The van der Waals surface area contributed by atoms with E-state index in [9.17, 15) is 0 Å². The van der Waals surface area contributed by atoms with Gasteiger partial charge in [0.15, 0.2) is 0 Å². The topological polar surface area (TPSA) is 30.3 Å². The van der Waals surface area contributed by atoms with Gasteiger partial charge < -0.3 is 4.90 Å². The predicted molar refractivity (Wildman–Crippen MR) is 122 cm³/mol. The van der Waals surface area contributed by atoms with E-state index in [2.05, 4.69) is 86.3 Å². The van der Waals surface area contributed by atoms with Gasteiger partial charge in [0, 0.05) is 24.8 Å². The van der Waals surface area contributed by atoms with Crippen LogP contribution in [0.4, 0.5) is 5.69 Å². The number of benzene rings is 2. The molecule has 1 saturated carbocycles. The molecule has 0 radical (unpaired) electrons. The number of nitriles is 1. The van der Waals surface area contributed by atoms with Gasteiger partial charge in [-0.25, -0.2) is 0 Å². The van der Waals surface area contributed by atoms with Crippen molar-refractivity contribution >= 4 is 5.69 Å². The molecular weight excluding hydrogens is 354 g/mol. The maximum Gasteiger partial charge on any atom is 0.0991 e. The van der Waals surface area contributed by atoms with Gasteiger partial charge in [-0.2, -0.15) is 5.26 Å². The Morgan fingerprint density at radius 1 is 0.897 bits per heavy atom. The fourth-order valence-corrected chi connectivity index (χ4v) is 5.14. The number of anilines is 1. The van der Waals surface area contributed by atoms with Gasteiger partial charge >= 0.3 is 0 Å². The second-order valence-electron chi connectivity index (χ2n) is 8.78. The van der Waals surface area contributed by atoms with Gasteiger partial charge in [-0.05, 0) is 80.9 Å². The lowest BCUT2D eigenvalue weighted by Crippen LogP contribution is -2.50. The van der Waals surface area contributed by atoms with E-state index in [4.69, 9.17) is 5.26 Å². The molecule has 0 bridgehead atoms. The summed E-state index contributed by atoms with van der Waals surface area (Å²) in [6.07, 6.45) is 6.09.